The molecule has 6 rings (SSSR count). The van der Waals surface area contributed by atoms with Gasteiger partial charge in [0.2, 0.25) is 0 Å². The first-order valence-electron chi connectivity index (χ1n) is 13.6. The minimum Gasteiger partial charge on any atom is -0.497 e. The Kier molecular flexibility index (Phi) is 7.77. The Bertz CT molecular complexity index is 2100. The van der Waals surface area contributed by atoms with Gasteiger partial charge in [0, 0.05) is 50.9 Å². The monoisotopic (exact) mass is 653 g/mol. The molecule has 1 aliphatic heterocycles. The minimum absolute atomic E-state index is 0.00652. The molecule has 1 aromatic heterocycles. The van der Waals surface area contributed by atoms with Gasteiger partial charge >= 0.3 is 6.18 Å². The molecule has 2 amide bonds. The largest absolute Gasteiger partial charge is 0.497 e. The Balaban J connectivity index is 1.57. The molecule has 2 heterocycles. The molecular formula is C33H21ClF5N3O4. The van der Waals surface area contributed by atoms with E-state index in [9.17, 15) is 36.3 Å². The molecule has 0 bridgehead atoms. The summed E-state index contributed by atoms with van der Waals surface area (Å²) in [5, 5.41) is 2.75. The van der Waals surface area contributed by atoms with Crippen molar-refractivity contribution in [3.63, 3.8) is 0 Å². The van der Waals surface area contributed by atoms with Crippen molar-refractivity contribution in [2.24, 2.45) is 0 Å². The molecule has 0 saturated heterocycles. The number of nitrogens with one attached hydrogen (secondary N) is 2. The maximum absolute atomic E-state index is 14.7. The molecule has 5 aromatic rings. The van der Waals surface area contributed by atoms with Gasteiger partial charge in [0.1, 0.15) is 17.4 Å². The van der Waals surface area contributed by atoms with E-state index in [0.717, 1.165) is 12.1 Å². The summed E-state index contributed by atoms with van der Waals surface area (Å²) < 4.78 is 74.4. The highest BCUT2D eigenvalue weighted by molar-refractivity contribution is 6.31. The Morgan fingerprint density at radius 1 is 0.957 bits per heavy atom. The number of amides is 2. The summed E-state index contributed by atoms with van der Waals surface area (Å²) in [6.45, 7) is -0.0358. The molecule has 0 aliphatic carbocycles. The second-order valence-electron chi connectivity index (χ2n) is 10.5. The van der Waals surface area contributed by atoms with Crippen LogP contribution in [0.1, 0.15) is 49.0 Å². The summed E-state index contributed by atoms with van der Waals surface area (Å²) in [7, 11) is 1.49. The number of halogens is 6. The van der Waals surface area contributed by atoms with Gasteiger partial charge in [-0.1, -0.05) is 23.7 Å². The first-order valence-corrected chi connectivity index (χ1v) is 14.0. The van der Waals surface area contributed by atoms with Gasteiger partial charge in [-0.15, -0.1) is 0 Å². The average molecular weight is 654 g/mol. The first-order chi connectivity index (χ1) is 21.8. The van der Waals surface area contributed by atoms with Gasteiger partial charge in [0.15, 0.2) is 0 Å². The van der Waals surface area contributed by atoms with E-state index in [-0.39, 0.29) is 50.8 Å². The van der Waals surface area contributed by atoms with Crippen LogP contribution < -0.4 is 15.6 Å². The van der Waals surface area contributed by atoms with Crippen LogP contribution in [0.4, 0.5) is 27.6 Å². The SMILES string of the molecule is COc1ccc(CN2C(=O)c3c(c(NC(=O)c4cc(F)cc(C(F)(F)F)c4)cc4c(=O)[nH]ccc34)C2c2cc(F)ccc2Cl)cc1. The number of hydrogen-bond acceptors (Lipinski definition) is 4. The molecule has 2 N–H and O–H groups in total. The molecule has 0 saturated carbocycles. The van der Waals surface area contributed by atoms with Crippen LogP contribution in [0.15, 0.2) is 83.8 Å². The molecule has 234 valence electrons. The topological polar surface area (TPSA) is 91.5 Å². The third-order valence-corrected chi connectivity index (χ3v) is 8.02. The van der Waals surface area contributed by atoms with Gasteiger partial charge in [-0.25, -0.2) is 8.78 Å². The number of rotatable bonds is 6. The smallest absolute Gasteiger partial charge is 0.416 e. The molecule has 13 heteroatoms. The molecule has 1 unspecified atom stereocenters. The van der Waals surface area contributed by atoms with Crippen LogP contribution in [-0.4, -0.2) is 28.8 Å². The maximum Gasteiger partial charge on any atom is 0.416 e. The van der Waals surface area contributed by atoms with Gasteiger partial charge in [-0.05, 0) is 66.2 Å². The molecule has 46 heavy (non-hydrogen) atoms. The van der Waals surface area contributed by atoms with E-state index < -0.39 is 52.4 Å². The predicted molar refractivity (Wildman–Crippen MR) is 160 cm³/mol. The summed E-state index contributed by atoms with van der Waals surface area (Å²) in [5.41, 5.74) is -1.91. The Labute approximate surface area is 262 Å². The van der Waals surface area contributed by atoms with Crippen molar-refractivity contribution in [1.29, 1.82) is 0 Å². The molecule has 0 spiro atoms. The van der Waals surface area contributed by atoms with E-state index >= 15 is 0 Å². The number of hydrogen-bond donors (Lipinski definition) is 2. The normalized spacial score (nSPS) is 14.5. The van der Waals surface area contributed by atoms with Crippen molar-refractivity contribution in [1.82, 2.24) is 9.88 Å². The molecule has 4 aromatic carbocycles. The van der Waals surface area contributed by atoms with Crippen molar-refractivity contribution in [2.75, 3.05) is 12.4 Å². The van der Waals surface area contributed by atoms with Crippen LogP contribution in [0.5, 0.6) is 5.75 Å². The number of aromatic amines is 1. The number of fused-ring (bicyclic) bond motifs is 3. The Morgan fingerprint density at radius 2 is 1.70 bits per heavy atom. The number of carbonyl (C=O) groups is 2. The van der Waals surface area contributed by atoms with Crippen LogP contribution in [0.25, 0.3) is 10.8 Å². The minimum atomic E-state index is -4.94. The molecule has 1 atom stereocenters. The van der Waals surface area contributed by atoms with E-state index in [1.54, 1.807) is 24.3 Å². The number of H-pyrrole nitrogens is 1. The summed E-state index contributed by atoms with van der Waals surface area (Å²) in [6, 6.07) is 13.3. The fourth-order valence-corrected chi connectivity index (χ4v) is 5.83. The number of anilines is 1. The summed E-state index contributed by atoms with van der Waals surface area (Å²) in [6.07, 6.45) is -3.61. The third-order valence-electron chi connectivity index (χ3n) is 7.68. The highest BCUT2D eigenvalue weighted by Crippen LogP contribution is 2.48. The van der Waals surface area contributed by atoms with E-state index in [1.807, 2.05) is 0 Å². The fraction of sp³-hybridized carbons (Fsp3) is 0.121. The first kappa shape index (κ1) is 30.8. The number of methoxy groups -OCH3 is 1. The predicted octanol–water partition coefficient (Wildman–Crippen LogP) is 7.48. The number of nitrogens with zero attached hydrogens (tertiary/aromatic N) is 1. The second-order valence-corrected chi connectivity index (χ2v) is 10.9. The van der Waals surface area contributed by atoms with Crippen LogP contribution in [0.2, 0.25) is 5.02 Å². The van der Waals surface area contributed by atoms with E-state index in [4.69, 9.17) is 16.3 Å². The third kappa shape index (κ3) is 5.56. The van der Waals surface area contributed by atoms with Crippen LogP contribution >= 0.6 is 11.6 Å². The molecule has 1 aliphatic rings. The summed E-state index contributed by atoms with van der Waals surface area (Å²) >= 11 is 6.56. The zero-order valence-electron chi connectivity index (χ0n) is 23.6. The summed E-state index contributed by atoms with van der Waals surface area (Å²) in [5.74, 6) is -3.15. The van der Waals surface area contributed by atoms with Crippen LogP contribution in [-0.2, 0) is 12.7 Å². The fourth-order valence-electron chi connectivity index (χ4n) is 5.61. The van der Waals surface area contributed by atoms with Crippen molar-refractivity contribution >= 4 is 39.9 Å². The van der Waals surface area contributed by atoms with Gasteiger partial charge < -0.3 is 19.9 Å². The van der Waals surface area contributed by atoms with Crippen molar-refractivity contribution in [2.45, 2.75) is 18.8 Å². The maximum atomic E-state index is 14.7. The number of pyridine rings is 1. The highest BCUT2D eigenvalue weighted by Gasteiger charge is 2.43. The average Bonchev–Trinajstić information content (AvgIpc) is 3.30. The van der Waals surface area contributed by atoms with Crippen molar-refractivity contribution in [3.05, 3.63) is 139 Å². The zero-order valence-corrected chi connectivity index (χ0v) is 24.4. The standard InChI is InChI=1S/C33H21ClF5N3O4/c1-46-21-5-2-16(3-6-21)15-42-29(24-13-19(35)4-7-25(24)34)28-26(14-23-22(27(28)32(42)45)8-9-40-31(23)44)41-30(43)17-10-18(33(37,38)39)12-20(36)11-17/h2-14,29H,15H2,1H3,(H,40,44)(H,41,43). The number of ether oxygens (including phenoxy) is 1. The highest BCUT2D eigenvalue weighted by atomic mass is 35.5. The number of alkyl halides is 3. The second kappa shape index (κ2) is 11.6. The summed E-state index contributed by atoms with van der Waals surface area (Å²) in [4.78, 5) is 44.5. The zero-order chi connectivity index (χ0) is 32.9. The van der Waals surface area contributed by atoms with E-state index in [2.05, 4.69) is 10.3 Å². The number of carbonyl (C=O) groups excluding carboxylic acids is 2. The molecule has 0 fully saturated rings. The molecule has 7 nitrogen and oxygen atoms in total. The van der Waals surface area contributed by atoms with Gasteiger partial charge in [0.05, 0.1) is 24.3 Å². The lowest BCUT2D eigenvalue weighted by molar-refractivity contribution is -0.137. The van der Waals surface area contributed by atoms with Gasteiger partial charge in [-0.3, -0.25) is 14.4 Å². The number of aromatic nitrogens is 1. The van der Waals surface area contributed by atoms with Crippen LogP contribution in [0, 0.1) is 11.6 Å². The number of benzene rings is 4. The molecule has 0 radical (unpaired) electrons. The van der Waals surface area contributed by atoms with Crippen molar-refractivity contribution < 1.29 is 36.3 Å². The van der Waals surface area contributed by atoms with Gasteiger partial charge in [-0.2, -0.15) is 13.2 Å². The van der Waals surface area contributed by atoms with Gasteiger partial charge in [0.25, 0.3) is 17.4 Å². The Hall–Kier alpha value is -5.23. The quantitative estimate of drug-likeness (QED) is 0.186. The van der Waals surface area contributed by atoms with Crippen LogP contribution in [0.3, 0.4) is 0 Å². The Morgan fingerprint density at radius 3 is 2.39 bits per heavy atom. The lowest BCUT2D eigenvalue weighted by atomic mass is 9.92. The lowest BCUT2D eigenvalue weighted by Gasteiger charge is -2.28. The van der Waals surface area contributed by atoms with E-state index in [1.165, 1.54) is 36.4 Å². The van der Waals surface area contributed by atoms with E-state index in [0.29, 0.717) is 23.4 Å². The lowest BCUT2D eigenvalue weighted by Crippen LogP contribution is -2.28. The van der Waals surface area contributed by atoms with Crippen molar-refractivity contribution in [3.8, 4) is 5.75 Å². The molecular weight excluding hydrogens is 633 g/mol.